The van der Waals surface area contributed by atoms with Crippen LogP contribution in [0.3, 0.4) is 0 Å². The third kappa shape index (κ3) is 3.31. The van der Waals surface area contributed by atoms with E-state index in [9.17, 15) is 9.18 Å². The lowest BCUT2D eigenvalue weighted by atomic mass is 10.1. The van der Waals surface area contributed by atoms with Gasteiger partial charge in [-0.15, -0.1) is 0 Å². The molecule has 98 valence electrons. The minimum atomic E-state index is -1.15. The summed E-state index contributed by atoms with van der Waals surface area (Å²) < 4.78 is 13.0. The van der Waals surface area contributed by atoms with Crippen molar-refractivity contribution in [2.45, 2.75) is 13.5 Å². The predicted molar refractivity (Wildman–Crippen MR) is 71.9 cm³/mol. The van der Waals surface area contributed by atoms with Crippen LogP contribution in [-0.2, 0) is 6.54 Å². The highest BCUT2D eigenvalue weighted by atomic mass is 19.1. The Hall–Kier alpha value is -2.36. The summed E-state index contributed by atoms with van der Waals surface area (Å²) in [5.74, 6) is -1.70. The zero-order chi connectivity index (χ0) is 13.8. The van der Waals surface area contributed by atoms with E-state index < -0.39 is 11.8 Å². The maximum Gasteiger partial charge on any atom is 0.337 e. The van der Waals surface area contributed by atoms with Gasteiger partial charge in [0, 0.05) is 12.2 Å². The zero-order valence-electron chi connectivity index (χ0n) is 10.5. The number of carboxylic acid groups (broad SMARTS) is 1. The van der Waals surface area contributed by atoms with Crippen LogP contribution < -0.4 is 5.32 Å². The molecule has 0 spiro atoms. The molecule has 0 unspecified atom stereocenters. The minimum absolute atomic E-state index is 0.0629. The second-order valence-electron chi connectivity index (χ2n) is 4.33. The summed E-state index contributed by atoms with van der Waals surface area (Å²) in [6.45, 7) is 2.49. The van der Waals surface area contributed by atoms with Crippen molar-refractivity contribution in [1.82, 2.24) is 0 Å². The molecule has 0 heterocycles. The third-order valence-electron chi connectivity index (χ3n) is 2.82. The van der Waals surface area contributed by atoms with Crippen molar-refractivity contribution >= 4 is 11.7 Å². The van der Waals surface area contributed by atoms with Gasteiger partial charge in [0.05, 0.1) is 5.56 Å². The molecule has 2 aromatic carbocycles. The first kappa shape index (κ1) is 13.1. The number of carbonyl (C=O) groups is 1. The van der Waals surface area contributed by atoms with Crippen LogP contribution in [0.2, 0.25) is 0 Å². The highest BCUT2D eigenvalue weighted by Crippen LogP contribution is 2.18. The van der Waals surface area contributed by atoms with E-state index in [1.807, 2.05) is 31.2 Å². The number of aromatic carboxylic acids is 1. The van der Waals surface area contributed by atoms with E-state index in [0.29, 0.717) is 12.2 Å². The SMILES string of the molecule is Cc1ccc(CNc2ccc(F)cc2C(=O)O)cc1. The van der Waals surface area contributed by atoms with Gasteiger partial charge >= 0.3 is 5.97 Å². The summed E-state index contributed by atoms with van der Waals surface area (Å²) in [6, 6.07) is 11.6. The molecule has 0 amide bonds. The molecule has 0 fully saturated rings. The van der Waals surface area contributed by atoms with Gasteiger partial charge in [-0.05, 0) is 30.7 Å². The Morgan fingerprint density at radius 3 is 2.53 bits per heavy atom. The summed E-state index contributed by atoms with van der Waals surface area (Å²) in [5.41, 5.74) is 2.55. The summed E-state index contributed by atoms with van der Waals surface area (Å²) in [5, 5.41) is 12.0. The molecule has 2 N–H and O–H groups in total. The first-order valence-corrected chi connectivity index (χ1v) is 5.88. The quantitative estimate of drug-likeness (QED) is 0.884. The number of carboxylic acids is 1. The summed E-state index contributed by atoms with van der Waals surface area (Å²) in [4.78, 5) is 11.0. The number of halogens is 1. The van der Waals surface area contributed by atoms with E-state index in [2.05, 4.69) is 5.32 Å². The van der Waals surface area contributed by atoms with E-state index in [1.54, 1.807) is 0 Å². The fourth-order valence-electron chi connectivity index (χ4n) is 1.75. The Bertz CT molecular complexity index is 594. The maximum atomic E-state index is 13.0. The minimum Gasteiger partial charge on any atom is -0.478 e. The first-order chi connectivity index (χ1) is 9.06. The monoisotopic (exact) mass is 259 g/mol. The van der Waals surface area contributed by atoms with Crippen molar-refractivity contribution in [1.29, 1.82) is 0 Å². The fraction of sp³-hybridized carbons (Fsp3) is 0.133. The molecular formula is C15H14FNO2. The van der Waals surface area contributed by atoms with Crippen molar-refractivity contribution in [3.63, 3.8) is 0 Å². The number of rotatable bonds is 4. The number of anilines is 1. The van der Waals surface area contributed by atoms with Gasteiger partial charge in [-0.25, -0.2) is 9.18 Å². The third-order valence-corrected chi connectivity index (χ3v) is 2.82. The normalized spacial score (nSPS) is 10.2. The highest BCUT2D eigenvalue weighted by Gasteiger charge is 2.10. The second kappa shape index (κ2) is 5.52. The lowest BCUT2D eigenvalue weighted by molar-refractivity contribution is 0.0697. The summed E-state index contributed by atoms with van der Waals surface area (Å²) in [6.07, 6.45) is 0. The Kier molecular flexibility index (Phi) is 3.80. The van der Waals surface area contributed by atoms with E-state index in [4.69, 9.17) is 5.11 Å². The summed E-state index contributed by atoms with van der Waals surface area (Å²) in [7, 11) is 0. The van der Waals surface area contributed by atoms with Crippen LogP contribution in [0.4, 0.5) is 10.1 Å². The molecule has 3 nitrogen and oxygen atoms in total. The Balaban J connectivity index is 2.15. The molecule has 2 rings (SSSR count). The molecule has 4 heteroatoms. The molecule has 2 aromatic rings. The van der Waals surface area contributed by atoms with E-state index in [0.717, 1.165) is 17.2 Å². The Labute approximate surface area is 110 Å². The molecule has 0 radical (unpaired) electrons. The van der Waals surface area contributed by atoms with Gasteiger partial charge in [0.2, 0.25) is 0 Å². The van der Waals surface area contributed by atoms with Gasteiger partial charge in [-0.3, -0.25) is 0 Å². The average Bonchev–Trinajstić information content (AvgIpc) is 2.39. The standard InChI is InChI=1S/C15H14FNO2/c1-10-2-4-11(5-3-10)9-17-14-7-6-12(16)8-13(14)15(18)19/h2-8,17H,9H2,1H3,(H,18,19). The smallest absolute Gasteiger partial charge is 0.337 e. The molecule has 0 bridgehead atoms. The lowest BCUT2D eigenvalue weighted by Crippen LogP contribution is -2.06. The zero-order valence-corrected chi connectivity index (χ0v) is 10.5. The van der Waals surface area contributed by atoms with Crippen LogP contribution in [0.15, 0.2) is 42.5 Å². The highest BCUT2D eigenvalue weighted by molar-refractivity contribution is 5.94. The van der Waals surface area contributed by atoms with Crippen molar-refractivity contribution in [2.75, 3.05) is 5.32 Å². The van der Waals surface area contributed by atoms with Gasteiger partial charge in [-0.1, -0.05) is 29.8 Å². The van der Waals surface area contributed by atoms with Crippen LogP contribution >= 0.6 is 0 Å². The predicted octanol–water partition coefficient (Wildman–Crippen LogP) is 3.44. The second-order valence-corrected chi connectivity index (χ2v) is 4.33. The maximum absolute atomic E-state index is 13.0. The van der Waals surface area contributed by atoms with Crippen LogP contribution in [0.5, 0.6) is 0 Å². The molecule has 0 aliphatic heterocycles. The molecule has 0 aromatic heterocycles. The van der Waals surface area contributed by atoms with Crippen LogP contribution in [0.1, 0.15) is 21.5 Å². The van der Waals surface area contributed by atoms with Crippen molar-refractivity contribution < 1.29 is 14.3 Å². The van der Waals surface area contributed by atoms with Gasteiger partial charge in [0.25, 0.3) is 0 Å². The topological polar surface area (TPSA) is 49.3 Å². The van der Waals surface area contributed by atoms with E-state index in [1.165, 1.54) is 12.1 Å². The first-order valence-electron chi connectivity index (χ1n) is 5.88. The van der Waals surface area contributed by atoms with Crippen LogP contribution in [0, 0.1) is 12.7 Å². The number of aryl methyl sites for hydroxylation is 1. The number of hydrogen-bond acceptors (Lipinski definition) is 2. The van der Waals surface area contributed by atoms with Gasteiger partial charge in [0.15, 0.2) is 0 Å². The Morgan fingerprint density at radius 2 is 1.89 bits per heavy atom. The Morgan fingerprint density at radius 1 is 1.21 bits per heavy atom. The van der Waals surface area contributed by atoms with E-state index >= 15 is 0 Å². The van der Waals surface area contributed by atoms with E-state index in [-0.39, 0.29) is 5.56 Å². The van der Waals surface area contributed by atoms with Crippen molar-refractivity contribution in [3.8, 4) is 0 Å². The summed E-state index contributed by atoms with van der Waals surface area (Å²) >= 11 is 0. The number of benzene rings is 2. The van der Waals surface area contributed by atoms with Crippen molar-refractivity contribution in [2.24, 2.45) is 0 Å². The van der Waals surface area contributed by atoms with Gasteiger partial charge < -0.3 is 10.4 Å². The van der Waals surface area contributed by atoms with Gasteiger partial charge in [-0.2, -0.15) is 0 Å². The average molecular weight is 259 g/mol. The van der Waals surface area contributed by atoms with Gasteiger partial charge in [0.1, 0.15) is 5.82 Å². The lowest BCUT2D eigenvalue weighted by Gasteiger charge is -2.10. The largest absolute Gasteiger partial charge is 0.478 e. The molecule has 0 aliphatic rings. The fourth-order valence-corrected chi connectivity index (χ4v) is 1.75. The van der Waals surface area contributed by atoms with Crippen LogP contribution in [0.25, 0.3) is 0 Å². The van der Waals surface area contributed by atoms with Crippen LogP contribution in [-0.4, -0.2) is 11.1 Å². The molecule has 0 atom stereocenters. The molecule has 0 saturated heterocycles. The van der Waals surface area contributed by atoms with Crippen molar-refractivity contribution in [3.05, 3.63) is 65.0 Å². The molecular weight excluding hydrogens is 245 g/mol. The number of hydrogen-bond donors (Lipinski definition) is 2. The molecule has 0 aliphatic carbocycles. The molecule has 19 heavy (non-hydrogen) atoms. The molecule has 0 saturated carbocycles. The number of nitrogens with one attached hydrogen (secondary N) is 1.